The minimum absolute atomic E-state index is 0.117. The number of hydrogen-bond donors (Lipinski definition) is 1. The van der Waals surface area contributed by atoms with Crippen molar-refractivity contribution in [3.63, 3.8) is 0 Å². The molecule has 0 saturated carbocycles. The molecule has 0 aromatic heterocycles. The molecule has 0 heterocycles. The van der Waals surface area contributed by atoms with Crippen molar-refractivity contribution in [3.8, 4) is 0 Å². The molecule has 0 fully saturated rings. The van der Waals surface area contributed by atoms with Crippen LogP contribution in [0.15, 0.2) is 12.7 Å². The molecule has 0 unspecified atom stereocenters. The molecule has 1 N–H and O–H groups in total. The van der Waals surface area contributed by atoms with Crippen molar-refractivity contribution in [2.24, 2.45) is 0 Å². The first-order valence-electron chi connectivity index (χ1n) is 5.06. The monoisotopic (exact) mass is 197 g/mol. The molecule has 80 valence electrons. The Labute approximate surface area is 85.6 Å². The van der Waals surface area contributed by atoms with Crippen LogP contribution in [0.2, 0.25) is 0 Å². The first-order chi connectivity index (χ1) is 6.66. The van der Waals surface area contributed by atoms with Crippen molar-refractivity contribution >= 4 is 11.7 Å². The zero-order valence-corrected chi connectivity index (χ0v) is 8.84. The van der Waals surface area contributed by atoms with E-state index in [1.165, 1.54) is 6.08 Å². The van der Waals surface area contributed by atoms with Gasteiger partial charge in [-0.3, -0.25) is 4.79 Å². The second-order valence-electron chi connectivity index (χ2n) is 3.36. The molecule has 1 amide bonds. The average molecular weight is 197 g/mol. The lowest BCUT2D eigenvalue weighted by atomic mass is 10.1. The number of amides is 1. The number of carbonyl (C=O) groups is 2. The van der Waals surface area contributed by atoms with Gasteiger partial charge in [0, 0.05) is 13.0 Å². The highest BCUT2D eigenvalue weighted by atomic mass is 16.1. The van der Waals surface area contributed by atoms with E-state index in [0.717, 1.165) is 25.7 Å². The topological polar surface area (TPSA) is 46.2 Å². The Hall–Kier alpha value is -1.12. The Morgan fingerprint density at radius 2 is 1.86 bits per heavy atom. The minimum atomic E-state index is -0.117. The molecule has 0 rings (SSSR count). The van der Waals surface area contributed by atoms with Gasteiger partial charge < -0.3 is 10.1 Å². The summed E-state index contributed by atoms with van der Waals surface area (Å²) in [6, 6.07) is 0. The number of Topliss-reactive ketones (excluding diaryl/α,β-unsaturated/α-hetero) is 1. The summed E-state index contributed by atoms with van der Waals surface area (Å²) in [7, 11) is 0. The Morgan fingerprint density at radius 1 is 1.21 bits per heavy atom. The van der Waals surface area contributed by atoms with Gasteiger partial charge in [-0.25, -0.2) is 0 Å². The number of hydrogen-bond acceptors (Lipinski definition) is 2. The standard InChI is InChI=1S/C11H19NO2/c1-3-11(14)12-9-7-5-4-6-8-10(2)13/h3H,1,4-9H2,2H3,(H,12,14). The Kier molecular flexibility index (Phi) is 7.80. The highest BCUT2D eigenvalue weighted by Gasteiger charge is 1.95. The van der Waals surface area contributed by atoms with Crippen LogP contribution in [-0.4, -0.2) is 18.2 Å². The van der Waals surface area contributed by atoms with Gasteiger partial charge in [0.2, 0.25) is 5.91 Å². The Bertz CT molecular complexity index is 199. The van der Waals surface area contributed by atoms with E-state index in [-0.39, 0.29) is 11.7 Å². The van der Waals surface area contributed by atoms with Crippen LogP contribution < -0.4 is 5.32 Å². The molecular formula is C11H19NO2. The Balaban J connectivity index is 3.10. The number of nitrogens with one attached hydrogen (secondary N) is 1. The fourth-order valence-electron chi connectivity index (χ4n) is 1.14. The highest BCUT2D eigenvalue weighted by molar-refractivity contribution is 5.86. The molecular weight excluding hydrogens is 178 g/mol. The second kappa shape index (κ2) is 8.48. The van der Waals surface area contributed by atoms with Crippen LogP contribution in [0.1, 0.15) is 39.0 Å². The molecule has 0 aromatic rings. The van der Waals surface area contributed by atoms with Crippen LogP contribution in [-0.2, 0) is 9.59 Å². The fraction of sp³-hybridized carbons (Fsp3) is 0.636. The molecule has 3 heteroatoms. The van der Waals surface area contributed by atoms with Crippen molar-refractivity contribution in [3.05, 3.63) is 12.7 Å². The van der Waals surface area contributed by atoms with Gasteiger partial charge >= 0.3 is 0 Å². The lowest BCUT2D eigenvalue weighted by molar-refractivity contribution is -0.117. The van der Waals surface area contributed by atoms with E-state index in [2.05, 4.69) is 11.9 Å². The molecule has 0 bridgehead atoms. The predicted octanol–water partition coefficient (Wildman–Crippen LogP) is 1.83. The van der Waals surface area contributed by atoms with E-state index in [9.17, 15) is 9.59 Å². The molecule has 0 aromatic carbocycles. The minimum Gasteiger partial charge on any atom is -0.353 e. The molecule has 0 spiro atoms. The smallest absolute Gasteiger partial charge is 0.243 e. The predicted molar refractivity (Wildman–Crippen MR) is 57.0 cm³/mol. The van der Waals surface area contributed by atoms with Crippen LogP contribution in [0.3, 0.4) is 0 Å². The molecule has 0 aliphatic rings. The van der Waals surface area contributed by atoms with Gasteiger partial charge in [-0.05, 0) is 25.8 Å². The highest BCUT2D eigenvalue weighted by Crippen LogP contribution is 2.02. The van der Waals surface area contributed by atoms with Gasteiger partial charge in [-0.15, -0.1) is 0 Å². The average Bonchev–Trinajstić information content (AvgIpc) is 2.15. The third-order valence-electron chi connectivity index (χ3n) is 1.94. The molecule has 0 aliphatic heterocycles. The van der Waals surface area contributed by atoms with Crippen LogP contribution in [0.4, 0.5) is 0 Å². The zero-order chi connectivity index (χ0) is 10.8. The molecule has 0 aliphatic carbocycles. The van der Waals surface area contributed by atoms with Gasteiger partial charge in [-0.2, -0.15) is 0 Å². The van der Waals surface area contributed by atoms with Crippen molar-refractivity contribution in [2.45, 2.75) is 39.0 Å². The van der Waals surface area contributed by atoms with E-state index >= 15 is 0 Å². The molecule has 0 atom stereocenters. The Morgan fingerprint density at radius 3 is 2.43 bits per heavy atom. The van der Waals surface area contributed by atoms with Crippen LogP contribution >= 0.6 is 0 Å². The molecule has 14 heavy (non-hydrogen) atoms. The van der Waals surface area contributed by atoms with E-state index in [0.29, 0.717) is 13.0 Å². The number of carbonyl (C=O) groups excluding carboxylic acids is 2. The maximum absolute atomic E-state index is 10.7. The summed E-state index contributed by atoms with van der Waals surface area (Å²) in [4.78, 5) is 21.3. The maximum Gasteiger partial charge on any atom is 0.243 e. The first kappa shape index (κ1) is 12.9. The summed E-state index contributed by atoms with van der Waals surface area (Å²) in [5.41, 5.74) is 0. The van der Waals surface area contributed by atoms with Crippen molar-refractivity contribution in [2.75, 3.05) is 6.54 Å². The normalized spacial score (nSPS) is 9.50. The van der Waals surface area contributed by atoms with Crippen LogP contribution in [0.25, 0.3) is 0 Å². The van der Waals surface area contributed by atoms with Gasteiger partial charge in [0.25, 0.3) is 0 Å². The quantitative estimate of drug-likeness (QED) is 0.476. The number of unbranched alkanes of at least 4 members (excludes halogenated alkanes) is 3. The SMILES string of the molecule is C=CC(=O)NCCCCCCC(C)=O. The summed E-state index contributed by atoms with van der Waals surface area (Å²) in [5.74, 6) is 0.138. The van der Waals surface area contributed by atoms with Crippen molar-refractivity contribution in [1.82, 2.24) is 5.32 Å². The van der Waals surface area contributed by atoms with E-state index in [4.69, 9.17) is 0 Å². The molecule has 0 radical (unpaired) electrons. The number of rotatable bonds is 8. The summed E-state index contributed by atoms with van der Waals surface area (Å²) in [6.07, 6.45) is 6.01. The van der Waals surface area contributed by atoms with E-state index in [1.807, 2.05) is 0 Å². The second-order valence-corrected chi connectivity index (χ2v) is 3.36. The van der Waals surface area contributed by atoms with Crippen molar-refractivity contribution < 1.29 is 9.59 Å². The van der Waals surface area contributed by atoms with Gasteiger partial charge in [-0.1, -0.05) is 19.4 Å². The molecule has 3 nitrogen and oxygen atoms in total. The lowest BCUT2D eigenvalue weighted by Crippen LogP contribution is -2.21. The van der Waals surface area contributed by atoms with E-state index in [1.54, 1.807) is 6.92 Å². The zero-order valence-electron chi connectivity index (χ0n) is 8.84. The van der Waals surface area contributed by atoms with Crippen LogP contribution in [0, 0.1) is 0 Å². The molecule has 0 saturated heterocycles. The fourth-order valence-corrected chi connectivity index (χ4v) is 1.14. The summed E-state index contributed by atoms with van der Waals surface area (Å²) in [6.45, 7) is 5.67. The first-order valence-corrected chi connectivity index (χ1v) is 5.06. The summed E-state index contributed by atoms with van der Waals surface area (Å²) >= 11 is 0. The third kappa shape index (κ3) is 8.97. The van der Waals surface area contributed by atoms with Crippen LogP contribution in [0.5, 0.6) is 0 Å². The van der Waals surface area contributed by atoms with E-state index < -0.39 is 0 Å². The lowest BCUT2D eigenvalue weighted by Gasteiger charge is -2.01. The summed E-state index contributed by atoms with van der Waals surface area (Å²) in [5, 5.41) is 2.71. The summed E-state index contributed by atoms with van der Waals surface area (Å²) < 4.78 is 0. The van der Waals surface area contributed by atoms with Gasteiger partial charge in [0.15, 0.2) is 0 Å². The van der Waals surface area contributed by atoms with Crippen molar-refractivity contribution in [1.29, 1.82) is 0 Å². The maximum atomic E-state index is 10.7. The third-order valence-corrected chi connectivity index (χ3v) is 1.94. The van der Waals surface area contributed by atoms with Gasteiger partial charge in [0.1, 0.15) is 5.78 Å². The van der Waals surface area contributed by atoms with Gasteiger partial charge in [0.05, 0.1) is 0 Å². The largest absolute Gasteiger partial charge is 0.353 e. The number of ketones is 1.